The van der Waals surface area contributed by atoms with Gasteiger partial charge in [0.05, 0.1) is 126 Å². The molecule has 32 heavy (non-hydrogen) atoms. The fourth-order valence-corrected chi connectivity index (χ4v) is 2.04. The van der Waals surface area contributed by atoms with Crippen molar-refractivity contribution in [1.82, 2.24) is 0 Å². The summed E-state index contributed by atoms with van der Waals surface area (Å²) in [7, 11) is 2.99. The highest BCUT2D eigenvalue weighted by Crippen LogP contribution is 1.88. The minimum atomic E-state index is -0.282. The van der Waals surface area contributed by atoms with E-state index in [1.165, 1.54) is 7.11 Å². The molecule has 0 aromatic carbocycles. The smallest absolute Gasteiger partial charge is 0.307 e. The second-order valence-electron chi connectivity index (χ2n) is 6.22. The summed E-state index contributed by atoms with van der Waals surface area (Å²) in [5.41, 5.74) is 0. The normalized spacial score (nSPS) is 11.2. The predicted molar refractivity (Wildman–Crippen MR) is 115 cm³/mol. The third-order valence-electron chi connectivity index (χ3n) is 3.71. The summed E-state index contributed by atoms with van der Waals surface area (Å²) in [6, 6.07) is 0. The topological polar surface area (TPSA) is 109 Å². The van der Waals surface area contributed by atoms with Crippen molar-refractivity contribution in [3.05, 3.63) is 0 Å². The Kier molecular flexibility index (Phi) is 27.4. The molecule has 0 spiro atoms. The molecule has 0 atom stereocenters. The van der Waals surface area contributed by atoms with Crippen molar-refractivity contribution < 1.29 is 52.2 Å². The first-order valence-electron chi connectivity index (χ1n) is 11.0. The summed E-state index contributed by atoms with van der Waals surface area (Å²) in [6.07, 6.45) is 0.251. The molecule has 0 heterocycles. The molecule has 0 aliphatic rings. The molecule has 0 radical (unpaired) electrons. The first-order chi connectivity index (χ1) is 15.8. The second kappa shape index (κ2) is 28.1. The van der Waals surface area contributed by atoms with Crippen LogP contribution >= 0.6 is 0 Å². The van der Waals surface area contributed by atoms with Crippen molar-refractivity contribution in [2.24, 2.45) is 0 Å². The molecule has 0 amide bonds. The molecule has 0 aromatic rings. The van der Waals surface area contributed by atoms with Gasteiger partial charge in [-0.1, -0.05) is 0 Å². The zero-order chi connectivity index (χ0) is 23.4. The molecule has 0 saturated heterocycles. The van der Waals surface area contributed by atoms with Gasteiger partial charge >= 0.3 is 5.97 Å². The first kappa shape index (κ1) is 31.1. The summed E-state index contributed by atoms with van der Waals surface area (Å²) in [4.78, 5) is 10.9. The highest BCUT2D eigenvalue weighted by molar-refractivity contribution is 5.69. The number of ether oxygens (including phenoxy) is 10. The summed E-state index contributed by atoms with van der Waals surface area (Å²) in [5, 5.41) is 0. The highest BCUT2D eigenvalue weighted by Gasteiger charge is 1.99. The van der Waals surface area contributed by atoms with Crippen molar-refractivity contribution in [1.29, 1.82) is 0 Å². The molecule has 192 valence electrons. The predicted octanol–water partition coefficient (Wildman–Crippen LogP) is 0.329. The lowest BCUT2D eigenvalue weighted by molar-refractivity contribution is -0.141. The summed E-state index contributed by atoms with van der Waals surface area (Å²) in [5.74, 6) is -0.282. The zero-order valence-electron chi connectivity index (χ0n) is 19.7. The van der Waals surface area contributed by atoms with Crippen molar-refractivity contribution >= 4 is 5.97 Å². The summed E-state index contributed by atoms with van der Waals surface area (Å²) < 4.78 is 52.2. The monoisotopic (exact) mass is 470 g/mol. The van der Waals surface area contributed by atoms with Crippen LogP contribution in [0.2, 0.25) is 0 Å². The molecule has 0 unspecified atom stereocenters. The molecule has 0 aliphatic carbocycles. The van der Waals surface area contributed by atoms with Crippen molar-refractivity contribution in [2.45, 2.75) is 6.42 Å². The van der Waals surface area contributed by atoms with Crippen molar-refractivity contribution in [3.63, 3.8) is 0 Å². The van der Waals surface area contributed by atoms with Crippen LogP contribution in [0.5, 0.6) is 0 Å². The van der Waals surface area contributed by atoms with Crippen LogP contribution in [0.4, 0.5) is 0 Å². The Morgan fingerprint density at radius 2 is 0.656 bits per heavy atom. The van der Waals surface area contributed by atoms with Gasteiger partial charge in [-0.2, -0.15) is 0 Å². The average Bonchev–Trinajstić information content (AvgIpc) is 2.81. The van der Waals surface area contributed by atoms with Gasteiger partial charge in [0.15, 0.2) is 0 Å². The molecule has 11 heteroatoms. The quantitative estimate of drug-likeness (QED) is 0.122. The van der Waals surface area contributed by atoms with E-state index in [1.54, 1.807) is 7.11 Å². The highest BCUT2D eigenvalue weighted by atomic mass is 16.6. The van der Waals surface area contributed by atoms with Gasteiger partial charge < -0.3 is 47.4 Å². The minimum Gasteiger partial charge on any atom is -0.469 e. The van der Waals surface area contributed by atoms with Gasteiger partial charge in [0.2, 0.25) is 0 Å². The minimum absolute atomic E-state index is 0.251. The Hall–Kier alpha value is -0.890. The molecule has 0 bridgehead atoms. The number of carbonyl (C=O) groups is 1. The number of hydrogen-bond acceptors (Lipinski definition) is 11. The maximum Gasteiger partial charge on any atom is 0.307 e. The molecule has 0 aliphatic heterocycles. The van der Waals surface area contributed by atoms with Gasteiger partial charge in [-0.15, -0.1) is 0 Å². The van der Waals surface area contributed by atoms with E-state index >= 15 is 0 Å². The van der Waals surface area contributed by atoms with Crippen molar-refractivity contribution in [3.8, 4) is 0 Å². The molecule has 0 fully saturated rings. The van der Waals surface area contributed by atoms with Gasteiger partial charge in [-0.25, -0.2) is 0 Å². The van der Waals surface area contributed by atoms with Gasteiger partial charge in [-0.3, -0.25) is 4.79 Å². The summed E-state index contributed by atoms with van der Waals surface area (Å²) in [6.45, 7) is 8.61. The molecule has 0 rings (SSSR count). The van der Waals surface area contributed by atoms with Gasteiger partial charge in [0.25, 0.3) is 0 Å². The first-order valence-corrected chi connectivity index (χ1v) is 11.0. The third kappa shape index (κ3) is 27.1. The standard InChI is InChI=1S/C21H42O11/c1-23-5-6-26-9-10-28-13-14-30-17-18-32-20-19-31-16-15-29-12-11-27-8-7-25-4-3-21(22)24-2/h3-20H2,1-2H3. The van der Waals surface area contributed by atoms with Crippen LogP contribution in [-0.4, -0.2) is 133 Å². The number of rotatable bonds is 27. The van der Waals surface area contributed by atoms with Crippen LogP contribution < -0.4 is 0 Å². The fraction of sp³-hybridized carbons (Fsp3) is 0.952. The van der Waals surface area contributed by atoms with E-state index in [4.69, 9.17) is 42.6 Å². The van der Waals surface area contributed by atoms with E-state index in [0.717, 1.165) is 0 Å². The number of carbonyl (C=O) groups excluding carboxylic acids is 1. The maximum atomic E-state index is 10.9. The Balaban J connectivity index is 3.02. The van der Waals surface area contributed by atoms with E-state index in [1.807, 2.05) is 0 Å². The van der Waals surface area contributed by atoms with E-state index in [0.29, 0.717) is 112 Å². The van der Waals surface area contributed by atoms with Gasteiger partial charge in [-0.05, 0) is 0 Å². The van der Waals surface area contributed by atoms with E-state index < -0.39 is 0 Å². The Morgan fingerprint density at radius 1 is 0.406 bits per heavy atom. The molecule has 0 N–H and O–H groups in total. The molecule has 0 aromatic heterocycles. The van der Waals surface area contributed by atoms with Crippen LogP contribution in [0.1, 0.15) is 6.42 Å². The van der Waals surface area contributed by atoms with Crippen LogP contribution in [-0.2, 0) is 52.2 Å². The van der Waals surface area contributed by atoms with Crippen LogP contribution in [0.15, 0.2) is 0 Å². The molecule has 0 saturated carbocycles. The fourth-order valence-electron chi connectivity index (χ4n) is 2.04. The lowest BCUT2D eigenvalue weighted by atomic mass is 10.5. The number of methoxy groups -OCH3 is 2. The van der Waals surface area contributed by atoms with Crippen LogP contribution in [0.25, 0.3) is 0 Å². The largest absolute Gasteiger partial charge is 0.469 e. The van der Waals surface area contributed by atoms with E-state index in [9.17, 15) is 4.79 Å². The number of esters is 1. The Bertz CT molecular complexity index is 372. The second-order valence-corrected chi connectivity index (χ2v) is 6.22. The zero-order valence-corrected chi connectivity index (χ0v) is 19.7. The van der Waals surface area contributed by atoms with E-state index in [-0.39, 0.29) is 12.4 Å². The SMILES string of the molecule is COCCOCCOCCOCCOCCOCCOCCOCCOCCC(=O)OC. The summed E-state index contributed by atoms with van der Waals surface area (Å²) >= 11 is 0. The molecule has 11 nitrogen and oxygen atoms in total. The molecular weight excluding hydrogens is 428 g/mol. The lowest BCUT2D eigenvalue weighted by Crippen LogP contribution is -2.15. The Morgan fingerprint density at radius 3 is 0.906 bits per heavy atom. The van der Waals surface area contributed by atoms with Crippen LogP contribution in [0, 0.1) is 0 Å². The Labute approximate surface area is 191 Å². The molecular formula is C21H42O11. The maximum absolute atomic E-state index is 10.9. The van der Waals surface area contributed by atoms with Gasteiger partial charge in [0.1, 0.15) is 0 Å². The van der Waals surface area contributed by atoms with E-state index in [2.05, 4.69) is 4.74 Å². The number of hydrogen-bond donors (Lipinski definition) is 0. The average molecular weight is 471 g/mol. The van der Waals surface area contributed by atoms with Gasteiger partial charge in [0, 0.05) is 7.11 Å². The van der Waals surface area contributed by atoms with Crippen LogP contribution in [0.3, 0.4) is 0 Å². The lowest BCUT2D eigenvalue weighted by Gasteiger charge is -2.08. The third-order valence-corrected chi connectivity index (χ3v) is 3.71. The van der Waals surface area contributed by atoms with Crippen molar-refractivity contribution in [2.75, 3.05) is 127 Å².